The molecule has 0 aromatic carbocycles. The maximum atomic E-state index is 12.7. The lowest BCUT2D eigenvalue weighted by atomic mass is 10.1. The van der Waals surface area contributed by atoms with Gasteiger partial charge in [-0.3, -0.25) is 14.2 Å². The first-order valence-corrected chi connectivity index (χ1v) is 9.32. The molecule has 2 saturated heterocycles. The van der Waals surface area contributed by atoms with Crippen molar-refractivity contribution in [3.05, 3.63) is 17.8 Å². The molecule has 150 valence electrons. The van der Waals surface area contributed by atoms with Crippen molar-refractivity contribution in [3.8, 4) is 0 Å². The average molecular weight is 410 g/mol. The molecular weight excluding hydrogens is 390 g/mol. The second-order valence-electron chi connectivity index (χ2n) is 7.11. The van der Waals surface area contributed by atoms with Crippen LogP contribution < -0.4 is 5.32 Å². The van der Waals surface area contributed by atoms with Gasteiger partial charge in [0.25, 0.3) is 5.91 Å². The predicted octanol–water partition coefficient (Wildman–Crippen LogP) is 0.992. The van der Waals surface area contributed by atoms with Gasteiger partial charge in [-0.1, -0.05) is 18.5 Å². The fourth-order valence-corrected chi connectivity index (χ4v) is 3.61. The van der Waals surface area contributed by atoms with Crippen molar-refractivity contribution in [1.29, 1.82) is 0 Å². The van der Waals surface area contributed by atoms with Crippen molar-refractivity contribution in [2.24, 2.45) is 0 Å². The van der Waals surface area contributed by atoms with Crippen LogP contribution >= 0.6 is 11.6 Å². The number of carbonyl (C=O) groups excluding carboxylic acids is 2. The summed E-state index contributed by atoms with van der Waals surface area (Å²) in [6.07, 6.45) is 0.310. The first kappa shape index (κ1) is 19.2. The number of ketones is 1. The zero-order valence-electron chi connectivity index (χ0n) is 15.6. The van der Waals surface area contributed by atoms with E-state index >= 15 is 0 Å². The molecule has 1 amide bonds. The summed E-state index contributed by atoms with van der Waals surface area (Å²) >= 11 is 6.08. The summed E-state index contributed by atoms with van der Waals surface area (Å²) in [7, 11) is 0. The Bertz CT molecular complexity index is 932. The summed E-state index contributed by atoms with van der Waals surface area (Å²) in [6.45, 7) is 5.21. The summed E-state index contributed by atoms with van der Waals surface area (Å²) in [4.78, 5) is 36.6. The van der Waals surface area contributed by atoms with E-state index in [1.165, 1.54) is 12.7 Å². The number of halogens is 1. The number of fused-ring (bicyclic) bond motifs is 2. The van der Waals surface area contributed by atoms with Crippen LogP contribution in [0.5, 0.6) is 0 Å². The number of rotatable bonds is 5. The highest BCUT2D eigenvalue weighted by atomic mass is 35.5. The zero-order chi connectivity index (χ0) is 20.1. The van der Waals surface area contributed by atoms with E-state index in [9.17, 15) is 9.59 Å². The van der Waals surface area contributed by atoms with Crippen LogP contribution in [0.4, 0.5) is 0 Å². The molecule has 4 atom stereocenters. The van der Waals surface area contributed by atoms with Gasteiger partial charge in [0.15, 0.2) is 34.7 Å². The van der Waals surface area contributed by atoms with Gasteiger partial charge < -0.3 is 19.5 Å². The second-order valence-corrected chi connectivity index (χ2v) is 7.47. The van der Waals surface area contributed by atoms with Crippen molar-refractivity contribution in [2.75, 3.05) is 6.54 Å². The summed E-state index contributed by atoms with van der Waals surface area (Å²) in [5.41, 5.74) is 0.878. The average Bonchev–Trinajstić information content (AvgIpc) is 3.30. The van der Waals surface area contributed by atoms with Gasteiger partial charge in [-0.05, 0) is 13.8 Å². The molecule has 2 aromatic heterocycles. The van der Waals surface area contributed by atoms with E-state index in [4.69, 9.17) is 25.8 Å². The highest BCUT2D eigenvalue weighted by Gasteiger charge is 2.58. The van der Waals surface area contributed by atoms with Gasteiger partial charge >= 0.3 is 0 Å². The van der Waals surface area contributed by atoms with Crippen LogP contribution in [-0.4, -0.2) is 61.9 Å². The van der Waals surface area contributed by atoms with Crippen LogP contribution in [-0.2, 0) is 23.8 Å². The van der Waals surface area contributed by atoms with E-state index in [-0.39, 0.29) is 17.5 Å². The SMILES string of the molecule is CCC(=O)CNC(=O)C1O[C@@H](n2cnc3c(Cl)ncnc32)[C@@H]2OC(C)(C)OC12. The minimum absolute atomic E-state index is 0.0572. The molecule has 0 spiro atoms. The zero-order valence-corrected chi connectivity index (χ0v) is 16.3. The minimum Gasteiger partial charge on any atom is -0.347 e. The first-order valence-electron chi connectivity index (χ1n) is 8.94. The number of hydrogen-bond acceptors (Lipinski definition) is 8. The molecule has 11 heteroatoms. The Morgan fingerprint density at radius 3 is 2.75 bits per heavy atom. The predicted molar refractivity (Wildman–Crippen MR) is 96.4 cm³/mol. The van der Waals surface area contributed by atoms with Gasteiger partial charge in [-0.15, -0.1) is 0 Å². The van der Waals surface area contributed by atoms with Crippen LogP contribution in [0.15, 0.2) is 12.7 Å². The fourth-order valence-electron chi connectivity index (χ4n) is 3.43. The number of Topliss-reactive ketones (excluding diaryl/α,β-unsaturated/α-hetero) is 1. The molecule has 0 radical (unpaired) electrons. The first-order chi connectivity index (χ1) is 13.3. The molecule has 2 fully saturated rings. The van der Waals surface area contributed by atoms with Gasteiger partial charge in [0.2, 0.25) is 0 Å². The lowest BCUT2D eigenvalue weighted by molar-refractivity contribution is -0.197. The molecule has 2 aromatic rings. The van der Waals surface area contributed by atoms with Gasteiger partial charge in [0.1, 0.15) is 24.1 Å². The topological polar surface area (TPSA) is 117 Å². The second kappa shape index (κ2) is 7.03. The third-order valence-electron chi connectivity index (χ3n) is 4.73. The minimum atomic E-state index is -0.948. The van der Waals surface area contributed by atoms with Crippen LogP contribution in [0.25, 0.3) is 11.2 Å². The molecule has 2 aliphatic rings. The summed E-state index contributed by atoms with van der Waals surface area (Å²) < 4.78 is 19.6. The normalized spacial score (nSPS) is 28.4. The van der Waals surface area contributed by atoms with E-state index in [1.54, 1.807) is 25.3 Å². The maximum Gasteiger partial charge on any atom is 0.252 e. The lowest BCUT2D eigenvalue weighted by Crippen LogP contribution is -2.44. The number of hydrogen-bond donors (Lipinski definition) is 1. The van der Waals surface area contributed by atoms with E-state index in [0.717, 1.165) is 0 Å². The summed E-state index contributed by atoms with van der Waals surface area (Å²) in [5, 5.41) is 2.82. The number of carbonyl (C=O) groups is 2. The monoisotopic (exact) mass is 409 g/mol. The summed E-state index contributed by atoms with van der Waals surface area (Å²) in [6, 6.07) is 0. The largest absolute Gasteiger partial charge is 0.347 e. The van der Waals surface area contributed by atoms with Gasteiger partial charge in [-0.2, -0.15) is 0 Å². The summed E-state index contributed by atoms with van der Waals surface area (Å²) in [5.74, 6) is -1.40. The molecule has 2 unspecified atom stereocenters. The number of nitrogens with zero attached hydrogens (tertiary/aromatic N) is 4. The third kappa shape index (κ3) is 3.26. The molecule has 4 rings (SSSR count). The third-order valence-corrected chi connectivity index (χ3v) is 5.01. The van der Waals surface area contributed by atoms with Gasteiger partial charge in [-0.25, -0.2) is 15.0 Å². The molecule has 4 heterocycles. The highest BCUT2D eigenvalue weighted by Crippen LogP contribution is 2.43. The standard InChI is InChI=1S/C17H20ClN5O5/c1-4-8(24)5-19-15(25)11-10-12(28-17(2,3)27-10)16(26-11)23-7-22-9-13(18)20-6-21-14(9)23/h6-7,10-12,16H,4-5H2,1-3H3,(H,19,25)/t10?,11?,12-,16-/m1/s1. The Labute approximate surface area is 165 Å². The Kier molecular flexibility index (Phi) is 4.82. The van der Waals surface area contributed by atoms with Crippen molar-refractivity contribution in [1.82, 2.24) is 24.8 Å². The highest BCUT2D eigenvalue weighted by molar-refractivity contribution is 6.33. The quantitative estimate of drug-likeness (QED) is 0.726. The number of amides is 1. The van der Waals surface area contributed by atoms with Gasteiger partial charge in [0.05, 0.1) is 12.9 Å². The van der Waals surface area contributed by atoms with Crippen LogP contribution in [0.3, 0.4) is 0 Å². The Balaban J connectivity index is 1.64. The Hall–Kier alpha value is -2.14. The molecular formula is C17H20ClN5O5. The fraction of sp³-hybridized carbons (Fsp3) is 0.588. The number of ether oxygens (including phenoxy) is 3. The Morgan fingerprint density at radius 1 is 1.25 bits per heavy atom. The molecule has 1 N–H and O–H groups in total. The Morgan fingerprint density at radius 2 is 2.00 bits per heavy atom. The van der Waals surface area contributed by atoms with Crippen molar-refractivity contribution >= 4 is 34.5 Å². The number of imidazole rings is 1. The number of nitrogens with one attached hydrogen (secondary N) is 1. The maximum absolute atomic E-state index is 12.7. The molecule has 0 bridgehead atoms. The van der Waals surface area contributed by atoms with Crippen LogP contribution in [0, 0.1) is 0 Å². The molecule has 10 nitrogen and oxygen atoms in total. The number of aromatic nitrogens is 4. The molecule has 28 heavy (non-hydrogen) atoms. The smallest absolute Gasteiger partial charge is 0.252 e. The van der Waals surface area contributed by atoms with E-state index in [2.05, 4.69) is 20.3 Å². The van der Waals surface area contributed by atoms with Crippen LogP contribution in [0.1, 0.15) is 33.4 Å². The molecule has 0 saturated carbocycles. The molecule has 2 aliphatic heterocycles. The molecule has 0 aliphatic carbocycles. The van der Waals surface area contributed by atoms with Crippen molar-refractivity contribution in [2.45, 2.75) is 57.5 Å². The van der Waals surface area contributed by atoms with E-state index < -0.39 is 36.2 Å². The van der Waals surface area contributed by atoms with Crippen molar-refractivity contribution in [3.63, 3.8) is 0 Å². The lowest BCUT2D eigenvalue weighted by Gasteiger charge is -2.24. The van der Waals surface area contributed by atoms with E-state index in [1.807, 2.05) is 0 Å². The van der Waals surface area contributed by atoms with Crippen LogP contribution in [0.2, 0.25) is 5.15 Å². The van der Waals surface area contributed by atoms with Crippen molar-refractivity contribution < 1.29 is 23.8 Å². The van der Waals surface area contributed by atoms with Gasteiger partial charge in [0, 0.05) is 6.42 Å². The van der Waals surface area contributed by atoms with E-state index in [0.29, 0.717) is 17.6 Å².